The first-order valence-corrected chi connectivity index (χ1v) is 7.25. The fourth-order valence-electron chi connectivity index (χ4n) is 2.29. The van der Waals surface area contributed by atoms with Gasteiger partial charge in [-0.15, -0.1) is 11.3 Å². The van der Waals surface area contributed by atoms with Gasteiger partial charge in [-0.1, -0.05) is 17.7 Å². The van der Waals surface area contributed by atoms with Crippen molar-refractivity contribution in [3.63, 3.8) is 0 Å². The van der Waals surface area contributed by atoms with Crippen LogP contribution in [0.4, 0.5) is 5.69 Å². The van der Waals surface area contributed by atoms with E-state index in [1.807, 2.05) is 24.3 Å². The van der Waals surface area contributed by atoms with Gasteiger partial charge in [0.1, 0.15) is 0 Å². The van der Waals surface area contributed by atoms with Crippen molar-refractivity contribution in [3.05, 3.63) is 51.2 Å². The maximum Gasteiger partial charge on any atom is 0.196 e. The van der Waals surface area contributed by atoms with Crippen molar-refractivity contribution >= 4 is 34.6 Å². The highest BCUT2D eigenvalue weighted by atomic mass is 35.5. The summed E-state index contributed by atoms with van der Waals surface area (Å²) >= 11 is 7.85. The van der Waals surface area contributed by atoms with Crippen molar-refractivity contribution in [2.45, 2.75) is 13.0 Å². The molecule has 0 saturated heterocycles. The summed E-state index contributed by atoms with van der Waals surface area (Å²) in [5.41, 5.74) is 7.02. The maximum absolute atomic E-state index is 6.06. The van der Waals surface area contributed by atoms with Gasteiger partial charge in [-0.2, -0.15) is 0 Å². The third-order valence-electron chi connectivity index (χ3n) is 3.16. The van der Waals surface area contributed by atoms with Gasteiger partial charge in [-0.05, 0) is 37.3 Å². The van der Waals surface area contributed by atoms with E-state index in [0.29, 0.717) is 17.5 Å². The molecule has 2 aromatic rings. The van der Waals surface area contributed by atoms with Gasteiger partial charge in [0.2, 0.25) is 0 Å². The Morgan fingerprint density at radius 2 is 2.21 bits per heavy atom. The molecule has 2 N–H and O–H groups in total. The number of halogens is 1. The molecular formula is C14H14ClN3S. The van der Waals surface area contributed by atoms with Gasteiger partial charge in [0, 0.05) is 20.5 Å². The topological polar surface area (TPSA) is 41.6 Å². The molecule has 1 aliphatic heterocycles. The van der Waals surface area contributed by atoms with E-state index in [4.69, 9.17) is 17.3 Å². The largest absolute Gasteiger partial charge is 0.369 e. The summed E-state index contributed by atoms with van der Waals surface area (Å²) < 4.78 is 0. The van der Waals surface area contributed by atoms with Crippen LogP contribution < -0.4 is 10.6 Å². The molecule has 0 aliphatic carbocycles. The summed E-state index contributed by atoms with van der Waals surface area (Å²) in [5.74, 6) is 0.554. The van der Waals surface area contributed by atoms with E-state index in [1.54, 1.807) is 11.3 Å². The van der Waals surface area contributed by atoms with Crippen LogP contribution in [-0.2, 0) is 0 Å². The van der Waals surface area contributed by atoms with Crippen molar-refractivity contribution in [1.82, 2.24) is 0 Å². The molecule has 0 radical (unpaired) electrons. The summed E-state index contributed by atoms with van der Waals surface area (Å²) in [5, 5.41) is 0.707. The van der Waals surface area contributed by atoms with Gasteiger partial charge in [0.25, 0.3) is 0 Å². The van der Waals surface area contributed by atoms with Crippen LogP contribution in [0.15, 0.2) is 41.4 Å². The van der Waals surface area contributed by atoms with Gasteiger partial charge in [0.05, 0.1) is 12.6 Å². The molecule has 1 aromatic heterocycles. The summed E-state index contributed by atoms with van der Waals surface area (Å²) in [6.07, 6.45) is 0. The van der Waals surface area contributed by atoms with Crippen molar-refractivity contribution in [3.8, 4) is 0 Å². The van der Waals surface area contributed by atoms with Crippen LogP contribution in [0.25, 0.3) is 0 Å². The van der Waals surface area contributed by atoms with Crippen molar-refractivity contribution < 1.29 is 0 Å². The maximum atomic E-state index is 6.06. The molecule has 0 amide bonds. The Labute approximate surface area is 121 Å². The number of hydrogen-bond donors (Lipinski definition) is 1. The van der Waals surface area contributed by atoms with Crippen LogP contribution in [-0.4, -0.2) is 12.5 Å². The quantitative estimate of drug-likeness (QED) is 0.919. The monoisotopic (exact) mass is 291 g/mol. The second-order valence-electron chi connectivity index (χ2n) is 4.51. The highest BCUT2D eigenvalue weighted by Crippen LogP contribution is 2.35. The first kappa shape index (κ1) is 12.5. The highest BCUT2D eigenvalue weighted by Gasteiger charge is 2.29. The van der Waals surface area contributed by atoms with Crippen molar-refractivity contribution in [2.24, 2.45) is 10.7 Å². The summed E-state index contributed by atoms with van der Waals surface area (Å²) in [4.78, 5) is 9.00. The highest BCUT2D eigenvalue weighted by molar-refractivity contribution is 7.12. The van der Waals surface area contributed by atoms with Gasteiger partial charge in [-0.25, -0.2) is 0 Å². The zero-order valence-electron chi connectivity index (χ0n) is 10.5. The Bertz CT molecular complexity index is 635. The van der Waals surface area contributed by atoms with Crippen LogP contribution in [0.5, 0.6) is 0 Å². The molecular weight excluding hydrogens is 278 g/mol. The Morgan fingerprint density at radius 1 is 1.37 bits per heavy atom. The molecule has 19 heavy (non-hydrogen) atoms. The lowest BCUT2D eigenvalue weighted by Crippen LogP contribution is -2.35. The predicted molar refractivity (Wildman–Crippen MR) is 82.2 cm³/mol. The molecule has 0 saturated carbocycles. The summed E-state index contributed by atoms with van der Waals surface area (Å²) in [6, 6.07) is 12.2. The number of anilines is 1. The van der Waals surface area contributed by atoms with Crippen LogP contribution >= 0.6 is 22.9 Å². The standard InChI is InChI=1S/C14H14ClN3S/c1-9-5-6-13(19-9)12-8-17-14(16)18(12)11-4-2-3-10(15)7-11/h2-7,12H,8H2,1H3,(H2,16,17). The average molecular weight is 292 g/mol. The summed E-state index contributed by atoms with van der Waals surface area (Å²) in [6.45, 7) is 2.80. The van der Waals surface area contributed by atoms with Crippen molar-refractivity contribution in [1.29, 1.82) is 0 Å². The fourth-order valence-corrected chi connectivity index (χ4v) is 3.43. The van der Waals surface area contributed by atoms with Crippen LogP contribution in [0.2, 0.25) is 5.02 Å². The Kier molecular flexibility index (Phi) is 3.21. The lowest BCUT2D eigenvalue weighted by atomic mass is 10.2. The second-order valence-corrected chi connectivity index (χ2v) is 6.27. The van der Waals surface area contributed by atoms with Crippen LogP contribution in [0.1, 0.15) is 15.8 Å². The molecule has 1 unspecified atom stereocenters. The van der Waals surface area contributed by atoms with Gasteiger partial charge >= 0.3 is 0 Å². The molecule has 0 bridgehead atoms. The number of thiophene rings is 1. The van der Waals surface area contributed by atoms with E-state index >= 15 is 0 Å². The molecule has 3 nitrogen and oxygen atoms in total. The number of guanidine groups is 1. The number of nitrogens with zero attached hydrogens (tertiary/aromatic N) is 2. The molecule has 1 aliphatic rings. The zero-order valence-corrected chi connectivity index (χ0v) is 12.1. The van der Waals surface area contributed by atoms with E-state index in [1.165, 1.54) is 9.75 Å². The van der Waals surface area contributed by atoms with E-state index in [0.717, 1.165) is 5.69 Å². The van der Waals surface area contributed by atoms with Gasteiger partial charge < -0.3 is 10.6 Å². The molecule has 2 heterocycles. The minimum absolute atomic E-state index is 0.178. The van der Waals surface area contributed by atoms with E-state index in [2.05, 4.69) is 28.9 Å². The predicted octanol–water partition coefficient (Wildman–Crippen LogP) is 3.59. The molecule has 1 aromatic carbocycles. The molecule has 98 valence electrons. The first-order chi connectivity index (χ1) is 9.15. The van der Waals surface area contributed by atoms with Crippen molar-refractivity contribution in [2.75, 3.05) is 11.4 Å². The Morgan fingerprint density at radius 3 is 2.89 bits per heavy atom. The third-order valence-corrected chi connectivity index (χ3v) is 4.50. The minimum atomic E-state index is 0.178. The molecule has 5 heteroatoms. The minimum Gasteiger partial charge on any atom is -0.369 e. The SMILES string of the molecule is Cc1ccc(C2CN=C(N)N2c2cccc(Cl)c2)s1. The smallest absolute Gasteiger partial charge is 0.196 e. The first-order valence-electron chi connectivity index (χ1n) is 6.06. The van der Waals surface area contributed by atoms with Gasteiger partial charge in [0.15, 0.2) is 5.96 Å². The number of nitrogens with two attached hydrogens (primary N) is 1. The lowest BCUT2D eigenvalue weighted by molar-refractivity contribution is 0.785. The average Bonchev–Trinajstić information content (AvgIpc) is 2.95. The number of rotatable bonds is 2. The molecule has 1 atom stereocenters. The molecule has 0 spiro atoms. The van der Waals surface area contributed by atoms with E-state index in [9.17, 15) is 0 Å². The fraction of sp³-hybridized carbons (Fsp3) is 0.214. The lowest BCUT2D eigenvalue weighted by Gasteiger charge is -2.25. The zero-order chi connectivity index (χ0) is 13.4. The number of hydrogen-bond acceptors (Lipinski definition) is 4. The third kappa shape index (κ3) is 2.33. The Balaban J connectivity index is 1.99. The molecule has 3 rings (SSSR count). The summed E-state index contributed by atoms with van der Waals surface area (Å²) in [7, 11) is 0. The van der Waals surface area contributed by atoms with Crippen LogP contribution in [0.3, 0.4) is 0 Å². The number of benzene rings is 1. The van der Waals surface area contributed by atoms with Gasteiger partial charge in [-0.3, -0.25) is 4.99 Å². The number of aryl methyl sites for hydroxylation is 1. The second kappa shape index (κ2) is 4.87. The van der Waals surface area contributed by atoms with E-state index < -0.39 is 0 Å². The molecule has 0 fully saturated rings. The number of aliphatic imine (C=N–C) groups is 1. The normalized spacial score (nSPS) is 18.7. The van der Waals surface area contributed by atoms with E-state index in [-0.39, 0.29) is 6.04 Å². The van der Waals surface area contributed by atoms with Crippen LogP contribution in [0, 0.1) is 6.92 Å². The Hall–Kier alpha value is -1.52.